The molecule has 0 radical (unpaired) electrons. The Hall–Kier alpha value is -4.31. The predicted octanol–water partition coefficient (Wildman–Crippen LogP) is 4.01. The number of carbonyl (C=O) groups is 1. The molecule has 1 atom stereocenters. The molecule has 6 rings (SSSR count). The van der Waals surface area contributed by atoms with Gasteiger partial charge < -0.3 is 10.2 Å². The van der Waals surface area contributed by atoms with E-state index in [1.807, 2.05) is 60.0 Å². The van der Waals surface area contributed by atoms with Crippen LogP contribution in [-0.4, -0.2) is 47.3 Å². The van der Waals surface area contributed by atoms with Gasteiger partial charge in [-0.25, -0.2) is 9.97 Å². The second-order valence-electron chi connectivity index (χ2n) is 8.77. The van der Waals surface area contributed by atoms with Gasteiger partial charge in [0.2, 0.25) is 11.9 Å². The van der Waals surface area contributed by atoms with Crippen LogP contribution < -0.4 is 10.2 Å². The topological polar surface area (TPSA) is 106 Å². The minimum absolute atomic E-state index is 0.00669. The number of aromatic nitrogens is 7. The minimum Gasteiger partial charge on any atom is -0.309 e. The maximum Gasteiger partial charge on any atom is 0.228 e. The number of hydrogen-bond donors (Lipinski definition) is 1. The number of aryl methyl sites for hydroxylation is 1. The minimum atomic E-state index is -0.130. The zero-order chi connectivity index (χ0) is 24.8. The number of benzene rings is 1. The summed E-state index contributed by atoms with van der Waals surface area (Å²) < 4.78 is 3.66. The molecule has 0 bridgehead atoms. The zero-order valence-electron chi connectivity index (χ0n) is 19.6. The van der Waals surface area contributed by atoms with Crippen LogP contribution in [0.3, 0.4) is 0 Å². The Morgan fingerprint density at radius 2 is 1.97 bits per heavy atom. The predicted molar refractivity (Wildman–Crippen MR) is 136 cm³/mol. The van der Waals surface area contributed by atoms with Crippen LogP contribution in [0, 0.1) is 0 Å². The lowest BCUT2D eigenvalue weighted by Crippen LogP contribution is -2.27. The molecule has 5 heterocycles. The van der Waals surface area contributed by atoms with E-state index >= 15 is 0 Å². The number of hydrogen-bond acceptors (Lipinski definition) is 7. The van der Waals surface area contributed by atoms with Crippen molar-refractivity contribution in [1.82, 2.24) is 34.3 Å². The standard InChI is InChI=1S/C25H22ClN9O/c1-33-22-13-16(19-6-8-27-25(29-19)30-20-7-9-28-34(20)2)12-21-31-32-24(35(21)22)17(14-23(33)36)10-15-4-3-5-18(26)11-15/h3-9,11-13,17H,10,14H2,1-2H3,(H,27,29,30). The smallest absolute Gasteiger partial charge is 0.228 e. The average Bonchev–Trinajstić information content (AvgIpc) is 3.46. The van der Waals surface area contributed by atoms with Crippen LogP contribution in [0.2, 0.25) is 5.02 Å². The largest absolute Gasteiger partial charge is 0.309 e. The molecule has 5 aromatic rings. The SMILES string of the molecule is CN1C(=O)CC(Cc2cccc(Cl)c2)c2nnc3cc(-c4ccnc(Nc5ccnn5C)n4)cc1n23. The van der Waals surface area contributed by atoms with E-state index in [9.17, 15) is 4.79 Å². The third-order valence-corrected chi connectivity index (χ3v) is 6.63. The first-order valence-electron chi connectivity index (χ1n) is 11.4. The van der Waals surface area contributed by atoms with E-state index < -0.39 is 0 Å². The van der Waals surface area contributed by atoms with Crippen LogP contribution in [0.25, 0.3) is 16.9 Å². The molecule has 1 aliphatic heterocycles. The highest BCUT2D eigenvalue weighted by molar-refractivity contribution is 6.30. The fourth-order valence-electron chi connectivity index (χ4n) is 4.55. The van der Waals surface area contributed by atoms with Gasteiger partial charge in [-0.15, -0.1) is 10.2 Å². The van der Waals surface area contributed by atoms with Crippen molar-refractivity contribution >= 4 is 40.7 Å². The van der Waals surface area contributed by atoms with Crippen molar-refractivity contribution in [2.75, 3.05) is 17.3 Å². The van der Waals surface area contributed by atoms with Crippen LogP contribution in [0.1, 0.15) is 23.7 Å². The van der Waals surface area contributed by atoms with Crippen LogP contribution in [0.5, 0.6) is 0 Å². The van der Waals surface area contributed by atoms with Crippen molar-refractivity contribution in [3.63, 3.8) is 0 Å². The molecule has 4 aromatic heterocycles. The summed E-state index contributed by atoms with van der Waals surface area (Å²) in [4.78, 5) is 23.9. The van der Waals surface area contributed by atoms with Crippen molar-refractivity contribution in [3.05, 3.63) is 77.3 Å². The first kappa shape index (κ1) is 22.2. The molecule has 1 unspecified atom stereocenters. The molecular formula is C25H22ClN9O. The lowest BCUT2D eigenvalue weighted by molar-refractivity contribution is -0.118. The molecule has 1 amide bonds. The van der Waals surface area contributed by atoms with Gasteiger partial charge in [-0.3, -0.25) is 13.9 Å². The van der Waals surface area contributed by atoms with Crippen LogP contribution in [-0.2, 0) is 18.3 Å². The second kappa shape index (κ2) is 8.72. The summed E-state index contributed by atoms with van der Waals surface area (Å²) in [6, 6.07) is 15.2. The molecule has 0 aliphatic carbocycles. The van der Waals surface area contributed by atoms with Gasteiger partial charge in [0.15, 0.2) is 5.65 Å². The van der Waals surface area contributed by atoms with Gasteiger partial charge in [0.1, 0.15) is 17.5 Å². The van der Waals surface area contributed by atoms with Crippen LogP contribution in [0.4, 0.5) is 17.6 Å². The summed E-state index contributed by atoms with van der Waals surface area (Å²) in [7, 11) is 3.62. The van der Waals surface area contributed by atoms with E-state index in [1.54, 1.807) is 29.0 Å². The fourth-order valence-corrected chi connectivity index (χ4v) is 4.76. The van der Waals surface area contributed by atoms with Gasteiger partial charge in [0, 0.05) is 49.3 Å². The van der Waals surface area contributed by atoms with Gasteiger partial charge in [-0.2, -0.15) is 5.10 Å². The summed E-state index contributed by atoms with van der Waals surface area (Å²) in [6.07, 6.45) is 4.34. The molecule has 10 nitrogen and oxygen atoms in total. The van der Waals surface area contributed by atoms with Crippen molar-refractivity contribution in [2.45, 2.75) is 18.8 Å². The fraction of sp³-hybridized carbons (Fsp3) is 0.200. The van der Waals surface area contributed by atoms with Gasteiger partial charge in [-0.1, -0.05) is 23.7 Å². The maximum atomic E-state index is 13.2. The number of anilines is 3. The van der Waals surface area contributed by atoms with E-state index in [4.69, 9.17) is 11.6 Å². The first-order valence-corrected chi connectivity index (χ1v) is 11.8. The number of rotatable bonds is 5. The zero-order valence-corrected chi connectivity index (χ0v) is 20.4. The maximum absolute atomic E-state index is 13.2. The van der Waals surface area contributed by atoms with Crippen molar-refractivity contribution in [3.8, 4) is 11.3 Å². The van der Waals surface area contributed by atoms with Gasteiger partial charge >= 0.3 is 0 Å². The molecule has 0 spiro atoms. The normalized spacial score (nSPS) is 15.4. The molecule has 0 saturated heterocycles. The summed E-state index contributed by atoms with van der Waals surface area (Å²) in [5, 5.41) is 17.0. The second-order valence-corrected chi connectivity index (χ2v) is 9.21. The third kappa shape index (κ3) is 3.95. The highest BCUT2D eigenvalue weighted by Gasteiger charge is 2.30. The molecule has 1 N–H and O–H groups in total. The monoisotopic (exact) mass is 499 g/mol. The number of amides is 1. The lowest BCUT2D eigenvalue weighted by atomic mass is 9.95. The Morgan fingerprint density at radius 3 is 2.78 bits per heavy atom. The molecule has 180 valence electrons. The Morgan fingerprint density at radius 1 is 1.08 bits per heavy atom. The molecule has 0 saturated carbocycles. The Bertz CT molecular complexity index is 1610. The molecule has 1 aliphatic rings. The van der Waals surface area contributed by atoms with Crippen molar-refractivity contribution < 1.29 is 4.79 Å². The van der Waals surface area contributed by atoms with E-state index in [2.05, 4.69) is 30.6 Å². The molecule has 11 heteroatoms. The van der Waals surface area contributed by atoms with E-state index in [0.717, 1.165) is 22.8 Å². The third-order valence-electron chi connectivity index (χ3n) is 6.40. The van der Waals surface area contributed by atoms with Crippen molar-refractivity contribution in [2.24, 2.45) is 7.05 Å². The summed E-state index contributed by atoms with van der Waals surface area (Å²) in [5.41, 5.74) is 3.20. The quantitative estimate of drug-likeness (QED) is 0.389. The highest BCUT2D eigenvalue weighted by Crippen LogP contribution is 2.34. The van der Waals surface area contributed by atoms with Crippen LogP contribution >= 0.6 is 11.6 Å². The molecule has 1 aromatic carbocycles. The van der Waals surface area contributed by atoms with Crippen LogP contribution in [0.15, 0.2) is 60.9 Å². The Kier molecular flexibility index (Phi) is 5.37. The highest BCUT2D eigenvalue weighted by atomic mass is 35.5. The van der Waals surface area contributed by atoms with E-state index in [-0.39, 0.29) is 11.8 Å². The summed E-state index contributed by atoms with van der Waals surface area (Å²) >= 11 is 6.19. The number of halogens is 1. The molecule has 36 heavy (non-hydrogen) atoms. The number of pyridine rings is 1. The summed E-state index contributed by atoms with van der Waals surface area (Å²) in [5.74, 6) is 2.54. The van der Waals surface area contributed by atoms with E-state index in [1.165, 1.54) is 0 Å². The number of carbonyl (C=O) groups excluding carboxylic acids is 1. The van der Waals surface area contributed by atoms with Gasteiger partial charge in [0.25, 0.3) is 0 Å². The lowest BCUT2D eigenvalue weighted by Gasteiger charge is -2.17. The number of nitrogens with one attached hydrogen (secondary N) is 1. The Labute approximate surface area is 211 Å². The van der Waals surface area contributed by atoms with Gasteiger partial charge in [0.05, 0.1) is 11.9 Å². The molecular weight excluding hydrogens is 478 g/mol. The number of nitrogens with zero attached hydrogens (tertiary/aromatic N) is 8. The van der Waals surface area contributed by atoms with Crippen molar-refractivity contribution in [1.29, 1.82) is 0 Å². The average molecular weight is 500 g/mol. The Balaban J connectivity index is 1.40. The van der Waals surface area contributed by atoms with E-state index in [0.29, 0.717) is 41.0 Å². The first-order chi connectivity index (χ1) is 17.5. The van der Waals surface area contributed by atoms with Gasteiger partial charge in [-0.05, 0) is 42.3 Å². The molecule has 0 fully saturated rings. The summed E-state index contributed by atoms with van der Waals surface area (Å²) in [6.45, 7) is 0.